The van der Waals surface area contributed by atoms with Gasteiger partial charge in [-0.15, -0.1) is 12.4 Å². The molecule has 0 fully saturated rings. The molecule has 0 saturated carbocycles. The van der Waals surface area contributed by atoms with Crippen LogP contribution in [-0.2, 0) is 0 Å². The molecule has 17 heavy (non-hydrogen) atoms. The summed E-state index contributed by atoms with van der Waals surface area (Å²) in [6.45, 7) is 2.25. The molecule has 0 radical (unpaired) electrons. The van der Waals surface area contributed by atoms with Crippen molar-refractivity contribution in [2.75, 3.05) is 11.9 Å². The fraction of sp³-hybridized carbons (Fsp3) is 0.250. The SMILES string of the molecule is CC(O)CNc1ccnc2ccc(Cl)cc12.Cl. The lowest BCUT2D eigenvalue weighted by Gasteiger charge is -2.10. The van der Waals surface area contributed by atoms with Crippen molar-refractivity contribution in [2.24, 2.45) is 0 Å². The van der Waals surface area contributed by atoms with E-state index in [4.69, 9.17) is 11.6 Å². The van der Waals surface area contributed by atoms with Crippen molar-refractivity contribution in [1.82, 2.24) is 4.98 Å². The van der Waals surface area contributed by atoms with Crippen molar-refractivity contribution in [1.29, 1.82) is 0 Å². The Balaban J connectivity index is 0.00000144. The Morgan fingerprint density at radius 2 is 2.18 bits per heavy atom. The second-order valence-corrected chi connectivity index (χ2v) is 4.19. The van der Waals surface area contributed by atoms with E-state index in [0.717, 1.165) is 16.6 Å². The van der Waals surface area contributed by atoms with Gasteiger partial charge in [-0.05, 0) is 31.2 Å². The van der Waals surface area contributed by atoms with Gasteiger partial charge in [-0.2, -0.15) is 0 Å². The number of halogens is 2. The van der Waals surface area contributed by atoms with E-state index in [0.29, 0.717) is 11.6 Å². The van der Waals surface area contributed by atoms with Gasteiger partial charge in [-0.25, -0.2) is 0 Å². The molecule has 1 aromatic heterocycles. The predicted octanol–water partition coefficient (Wildman–Crippen LogP) is 3.10. The van der Waals surface area contributed by atoms with Crippen LogP contribution in [0.4, 0.5) is 5.69 Å². The molecule has 1 heterocycles. The first-order valence-electron chi connectivity index (χ1n) is 5.13. The maximum absolute atomic E-state index is 9.24. The summed E-state index contributed by atoms with van der Waals surface area (Å²) in [6.07, 6.45) is 1.35. The molecule has 1 aromatic carbocycles. The summed E-state index contributed by atoms with van der Waals surface area (Å²) >= 11 is 5.95. The molecule has 0 bridgehead atoms. The normalized spacial score (nSPS) is 11.9. The highest BCUT2D eigenvalue weighted by Crippen LogP contribution is 2.24. The average Bonchev–Trinajstić information content (AvgIpc) is 2.26. The van der Waals surface area contributed by atoms with E-state index in [1.807, 2.05) is 24.3 Å². The Kier molecular flexibility index (Phi) is 5.00. The summed E-state index contributed by atoms with van der Waals surface area (Å²) in [5.41, 5.74) is 1.83. The fourth-order valence-corrected chi connectivity index (χ4v) is 1.70. The summed E-state index contributed by atoms with van der Waals surface area (Å²) in [7, 11) is 0. The number of aliphatic hydroxyl groups excluding tert-OH is 1. The molecule has 0 spiro atoms. The number of rotatable bonds is 3. The Bertz CT molecular complexity index is 503. The lowest BCUT2D eigenvalue weighted by Crippen LogP contribution is -2.15. The van der Waals surface area contributed by atoms with Crippen LogP contribution in [0.5, 0.6) is 0 Å². The zero-order chi connectivity index (χ0) is 11.5. The van der Waals surface area contributed by atoms with Gasteiger partial charge in [0.15, 0.2) is 0 Å². The number of aromatic nitrogens is 1. The molecule has 0 amide bonds. The first-order chi connectivity index (χ1) is 7.66. The molecule has 0 aliphatic heterocycles. The van der Waals surface area contributed by atoms with Gasteiger partial charge in [0, 0.05) is 28.8 Å². The Morgan fingerprint density at radius 1 is 1.41 bits per heavy atom. The summed E-state index contributed by atoms with van der Waals surface area (Å²) in [5.74, 6) is 0. The third-order valence-corrected chi connectivity index (χ3v) is 2.53. The molecular formula is C12H14Cl2N2O. The second-order valence-electron chi connectivity index (χ2n) is 3.75. The first kappa shape index (κ1) is 14.0. The Morgan fingerprint density at radius 3 is 2.88 bits per heavy atom. The van der Waals surface area contributed by atoms with Crippen molar-refractivity contribution in [3.05, 3.63) is 35.5 Å². The zero-order valence-electron chi connectivity index (χ0n) is 9.35. The standard InChI is InChI=1S/C12H13ClN2O.ClH/c1-8(16)7-15-12-4-5-14-11-3-2-9(13)6-10(11)12;/h2-6,8,16H,7H2,1H3,(H,14,15);1H. The van der Waals surface area contributed by atoms with E-state index in [9.17, 15) is 5.11 Å². The monoisotopic (exact) mass is 272 g/mol. The molecule has 2 aromatic rings. The lowest BCUT2D eigenvalue weighted by atomic mass is 10.2. The second kappa shape index (κ2) is 6.05. The fourth-order valence-electron chi connectivity index (χ4n) is 1.53. The number of nitrogens with one attached hydrogen (secondary N) is 1. The van der Waals surface area contributed by atoms with Gasteiger partial charge in [-0.3, -0.25) is 4.98 Å². The van der Waals surface area contributed by atoms with Crippen LogP contribution in [-0.4, -0.2) is 22.7 Å². The number of hydrogen-bond acceptors (Lipinski definition) is 3. The minimum atomic E-state index is -0.387. The van der Waals surface area contributed by atoms with Crippen molar-refractivity contribution in [2.45, 2.75) is 13.0 Å². The smallest absolute Gasteiger partial charge is 0.0723 e. The minimum Gasteiger partial charge on any atom is -0.392 e. The highest BCUT2D eigenvalue weighted by atomic mass is 35.5. The van der Waals surface area contributed by atoms with Crippen LogP contribution in [0.15, 0.2) is 30.5 Å². The predicted molar refractivity (Wildman–Crippen MR) is 74.2 cm³/mol. The summed E-state index contributed by atoms with van der Waals surface area (Å²) in [6, 6.07) is 7.44. The number of aliphatic hydroxyl groups is 1. The van der Waals surface area contributed by atoms with E-state index in [1.54, 1.807) is 13.1 Å². The van der Waals surface area contributed by atoms with Gasteiger partial charge in [0.05, 0.1) is 11.6 Å². The summed E-state index contributed by atoms with van der Waals surface area (Å²) in [5, 5.41) is 14.1. The van der Waals surface area contributed by atoms with Crippen LogP contribution in [0.1, 0.15) is 6.92 Å². The van der Waals surface area contributed by atoms with Gasteiger partial charge in [-0.1, -0.05) is 11.6 Å². The first-order valence-corrected chi connectivity index (χ1v) is 5.51. The largest absolute Gasteiger partial charge is 0.392 e. The molecule has 1 atom stereocenters. The topological polar surface area (TPSA) is 45.1 Å². The summed E-state index contributed by atoms with van der Waals surface area (Å²) < 4.78 is 0. The number of pyridine rings is 1. The number of fused-ring (bicyclic) bond motifs is 1. The molecule has 2 rings (SSSR count). The Hall–Kier alpha value is -1.03. The van der Waals surface area contributed by atoms with Gasteiger partial charge >= 0.3 is 0 Å². The summed E-state index contributed by atoms with van der Waals surface area (Å²) in [4.78, 5) is 4.25. The highest BCUT2D eigenvalue weighted by molar-refractivity contribution is 6.31. The molecule has 0 saturated heterocycles. The van der Waals surface area contributed by atoms with E-state index in [1.165, 1.54) is 0 Å². The number of benzene rings is 1. The van der Waals surface area contributed by atoms with Crippen molar-refractivity contribution >= 4 is 40.6 Å². The van der Waals surface area contributed by atoms with Gasteiger partial charge in [0.2, 0.25) is 0 Å². The van der Waals surface area contributed by atoms with E-state index in [2.05, 4.69) is 10.3 Å². The maximum Gasteiger partial charge on any atom is 0.0723 e. The van der Waals surface area contributed by atoms with Crippen LogP contribution in [0.25, 0.3) is 10.9 Å². The minimum absolute atomic E-state index is 0. The molecule has 0 aliphatic rings. The van der Waals surface area contributed by atoms with Crippen LogP contribution < -0.4 is 5.32 Å². The van der Waals surface area contributed by atoms with Crippen LogP contribution in [0, 0.1) is 0 Å². The molecule has 2 N–H and O–H groups in total. The lowest BCUT2D eigenvalue weighted by molar-refractivity contribution is 0.208. The molecule has 5 heteroatoms. The zero-order valence-corrected chi connectivity index (χ0v) is 10.9. The van der Waals surface area contributed by atoms with Crippen molar-refractivity contribution in [3.63, 3.8) is 0 Å². The third kappa shape index (κ3) is 3.46. The number of anilines is 1. The van der Waals surface area contributed by atoms with Crippen LogP contribution in [0.3, 0.4) is 0 Å². The average molecular weight is 273 g/mol. The number of nitrogens with zero attached hydrogens (tertiary/aromatic N) is 1. The van der Waals surface area contributed by atoms with Crippen LogP contribution >= 0.6 is 24.0 Å². The third-order valence-electron chi connectivity index (χ3n) is 2.29. The van der Waals surface area contributed by atoms with E-state index >= 15 is 0 Å². The van der Waals surface area contributed by atoms with Crippen molar-refractivity contribution in [3.8, 4) is 0 Å². The quantitative estimate of drug-likeness (QED) is 0.903. The van der Waals surface area contributed by atoms with Crippen molar-refractivity contribution < 1.29 is 5.11 Å². The molecule has 3 nitrogen and oxygen atoms in total. The molecule has 0 aliphatic carbocycles. The molecular weight excluding hydrogens is 259 g/mol. The molecule has 1 unspecified atom stereocenters. The molecule has 92 valence electrons. The van der Waals surface area contributed by atoms with E-state index in [-0.39, 0.29) is 18.5 Å². The van der Waals surface area contributed by atoms with Gasteiger partial charge < -0.3 is 10.4 Å². The Labute approximate surface area is 111 Å². The van der Waals surface area contributed by atoms with Crippen LogP contribution in [0.2, 0.25) is 5.02 Å². The highest BCUT2D eigenvalue weighted by Gasteiger charge is 2.03. The maximum atomic E-state index is 9.24. The van der Waals surface area contributed by atoms with E-state index < -0.39 is 0 Å². The number of hydrogen-bond donors (Lipinski definition) is 2. The van der Waals surface area contributed by atoms with Gasteiger partial charge in [0.25, 0.3) is 0 Å². The van der Waals surface area contributed by atoms with Gasteiger partial charge in [0.1, 0.15) is 0 Å².